The van der Waals surface area contributed by atoms with E-state index in [1.54, 1.807) is 24.3 Å². The molecule has 0 saturated carbocycles. The molecular weight excluding hydrogens is 266 g/mol. The molecular formula is C16H21N3O2. The van der Waals surface area contributed by atoms with E-state index in [9.17, 15) is 4.79 Å². The van der Waals surface area contributed by atoms with Crippen molar-refractivity contribution in [3.63, 3.8) is 0 Å². The SMILES string of the molecule is N#Cc1ccc(OCCCN2CCCCC2C(N)=O)cc1. The van der Waals surface area contributed by atoms with Gasteiger partial charge in [-0.05, 0) is 50.1 Å². The lowest BCUT2D eigenvalue weighted by atomic mass is 10.0. The fourth-order valence-electron chi connectivity index (χ4n) is 2.66. The van der Waals surface area contributed by atoms with Gasteiger partial charge in [-0.1, -0.05) is 6.42 Å². The second-order valence-corrected chi connectivity index (χ2v) is 5.29. The highest BCUT2D eigenvalue weighted by Crippen LogP contribution is 2.17. The Morgan fingerprint density at radius 1 is 1.38 bits per heavy atom. The van der Waals surface area contributed by atoms with Crippen LogP contribution in [-0.2, 0) is 4.79 Å². The summed E-state index contributed by atoms with van der Waals surface area (Å²) in [5, 5.41) is 8.72. The van der Waals surface area contributed by atoms with Gasteiger partial charge in [0.15, 0.2) is 0 Å². The molecule has 112 valence electrons. The molecule has 0 aliphatic carbocycles. The number of carbonyl (C=O) groups excluding carboxylic acids is 1. The molecule has 1 aromatic rings. The number of carbonyl (C=O) groups is 1. The Bertz CT molecular complexity index is 507. The van der Waals surface area contributed by atoms with Gasteiger partial charge >= 0.3 is 0 Å². The quantitative estimate of drug-likeness (QED) is 0.807. The van der Waals surface area contributed by atoms with Crippen LogP contribution in [-0.4, -0.2) is 36.5 Å². The highest BCUT2D eigenvalue weighted by atomic mass is 16.5. The summed E-state index contributed by atoms with van der Waals surface area (Å²) < 4.78 is 5.64. The second-order valence-electron chi connectivity index (χ2n) is 5.29. The summed E-state index contributed by atoms with van der Waals surface area (Å²) in [6, 6.07) is 9.03. The Balaban J connectivity index is 1.73. The number of hydrogen-bond donors (Lipinski definition) is 1. The zero-order chi connectivity index (χ0) is 15.1. The van der Waals surface area contributed by atoms with Crippen LogP contribution in [0.1, 0.15) is 31.2 Å². The number of benzene rings is 1. The van der Waals surface area contributed by atoms with Crippen molar-refractivity contribution in [1.82, 2.24) is 4.90 Å². The maximum absolute atomic E-state index is 11.4. The summed E-state index contributed by atoms with van der Waals surface area (Å²) in [5.41, 5.74) is 6.07. The first kappa shape index (κ1) is 15.3. The van der Waals surface area contributed by atoms with Crippen LogP contribution in [0.15, 0.2) is 24.3 Å². The van der Waals surface area contributed by atoms with E-state index in [-0.39, 0.29) is 11.9 Å². The topological polar surface area (TPSA) is 79.3 Å². The third-order valence-electron chi connectivity index (χ3n) is 3.78. The normalized spacial score (nSPS) is 18.9. The van der Waals surface area contributed by atoms with Gasteiger partial charge < -0.3 is 10.5 Å². The van der Waals surface area contributed by atoms with Crippen molar-refractivity contribution in [2.24, 2.45) is 5.73 Å². The largest absolute Gasteiger partial charge is 0.494 e. The lowest BCUT2D eigenvalue weighted by Crippen LogP contribution is -2.48. The number of hydrogen-bond acceptors (Lipinski definition) is 4. The Kier molecular flexibility index (Phi) is 5.59. The van der Waals surface area contributed by atoms with Crippen LogP contribution >= 0.6 is 0 Å². The lowest BCUT2D eigenvalue weighted by Gasteiger charge is -2.33. The summed E-state index contributed by atoms with van der Waals surface area (Å²) >= 11 is 0. The highest BCUT2D eigenvalue weighted by Gasteiger charge is 2.26. The molecule has 1 heterocycles. The van der Waals surface area contributed by atoms with Crippen LogP contribution in [0, 0.1) is 11.3 Å². The summed E-state index contributed by atoms with van der Waals surface area (Å²) in [7, 11) is 0. The number of amides is 1. The number of ether oxygens (including phenoxy) is 1. The molecule has 1 fully saturated rings. The lowest BCUT2D eigenvalue weighted by molar-refractivity contribution is -0.124. The van der Waals surface area contributed by atoms with Crippen molar-refractivity contribution in [2.45, 2.75) is 31.7 Å². The third kappa shape index (κ3) is 4.47. The molecule has 1 unspecified atom stereocenters. The molecule has 1 aliphatic rings. The summed E-state index contributed by atoms with van der Waals surface area (Å²) in [5.74, 6) is 0.543. The smallest absolute Gasteiger partial charge is 0.234 e. The van der Waals surface area contributed by atoms with Crippen LogP contribution in [0.2, 0.25) is 0 Å². The molecule has 1 aromatic carbocycles. The molecule has 2 N–H and O–H groups in total. The van der Waals surface area contributed by atoms with E-state index in [4.69, 9.17) is 15.7 Å². The average Bonchev–Trinajstić information content (AvgIpc) is 2.52. The first-order valence-corrected chi connectivity index (χ1v) is 7.37. The number of likely N-dealkylation sites (tertiary alicyclic amines) is 1. The van der Waals surface area contributed by atoms with Gasteiger partial charge in [-0.25, -0.2) is 0 Å². The highest BCUT2D eigenvalue weighted by molar-refractivity contribution is 5.79. The predicted octanol–water partition coefficient (Wildman–Crippen LogP) is 1.67. The standard InChI is InChI=1S/C16H21N3O2/c17-12-13-5-7-14(8-6-13)21-11-3-10-19-9-2-1-4-15(19)16(18)20/h5-8,15H,1-4,9-11H2,(H2,18,20). The predicted molar refractivity (Wildman–Crippen MR) is 79.7 cm³/mol. The molecule has 5 nitrogen and oxygen atoms in total. The number of nitriles is 1. The number of nitrogens with two attached hydrogens (primary N) is 1. The molecule has 2 rings (SSSR count). The Labute approximate surface area is 125 Å². The van der Waals surface area contributed by atoms with Crippen molar-refractivity contribution in [2.75, 3.05) is 19.7 Å². The minimum absolute atomic E-state index is 0.117. The maximum atomic E-state index is 11.4. The first-order valence-electron chi connectivity index (χ1n) is 7.37. The fourth-order valence-corrected chi connectivity index (χ4v) is 2.66. The number of primary amides is 1. The van der Waals surface area contributed by atoms with E-state index in [1.807, 2.05) is 0 Å². The fraction of sp³-hybridized carbons (Fsp3) is 0.500. The number of piperidine rings is 1. The molecule has 21 heavy (non-hydrogen) atoms. The second kappa shape index (κ2) is 7.65. The van der Waals surface area contributed by atoms with Gasteiger partial charge in [-0.2, -0.15) is 5.26 Å². The van der Waals surface area contributed by atoms with Crippen molar-refractivity contribution < 1.29 is 9.53 Å². The van der Waals surface area contributed by atoms with Gasteiger partial charge in [0.05, 0.1) is 24.3 Å². The van der Waals surface area contributed by atoms with E-state index in [0.29, 0.717) is 12.2 Å². The van der Waals surface area contributed by atoms with E-state index in [0.717, 1.165) is 44.5 Å². The molecule has 1 aliphatic heterocycles. The van der Waals surface area contributed by atoms with Gasteiger partial charge in [0, 0.05) is 6.54 Å². The van der Waals surface area contributed by atoms with Crippen molar-refractivity contribution >= 4 is 5.91 Å². The monoisotopic (exact) mass is 287 g/mol. The average molecular weight is 287 g/mol. The third-order valence-corrected chi connectivity index (χ3v) is 3.78. The van der Waals surface area contributed by atoms with Gasteiger partial charge in [-0.3, -0.25) is 9.69 Å². The van der Waals surface area contributed by atoms with Gasteiger partial charge in [0.1, 0.15) is 5.75 Å². The van der Waals surface area contributed by atoms with Crippen LogP contribution in [0.5, 0.6) is 5.75 Å². The summed E-state index contributed by atoms with van der Waals surface area (Å²) in [4.78, 5) is 13.6. The van der Waals surface area contributed by atoms with Crippen LogP contribution in [0.3, 0.4) is 0 Å². The number of rotatable bonds is 6. The summed E-state index contributed by atoms with van der Waals surface area (Å²) in [6.45, 7) is 2.35. The maximum Gasteiger partial charge on any atom is 0.234 e. The molecule has 0 spiro atoms. The van der Waals surface area contributed by atoms with Crippen LogP contribution in [0.25, 0.3) is 0 Å². The molecule has 0 bridgehead atoms. The molecule has 1 atom stereocenters. The Morgan fingerprint density at radius 2 is 2.14 bits per heavy atom. The number of nitrogens with zero attached hydrogens (tertiary/aromatic N) is 2. The molecule has 5 heteroatoms. The van der Waals surface area contributed by atoms with Crippen molar-refractivity contribution in [3.8, 4) is 11.8 Å². The van der Waals surface area contributed by atoms with Crippen molar-refractivity contribution in [3.05, 3.63) is 29.8 Å². The van der Waals surface area contributed by atoms with Crippen molar-refractivity contribution in [1.29, 1.82) is 5.26 Å². The van der Waals surface area contributed by atoms with E-state index in [2.05, 4.69) is 11.0 Å². The molecule has 0 aromatic heterocycles. The van der Waals surface area contributed by atoms with Crippen LogP contribution in [0.4, 0.5) is 0 Å². The van der Waals surface area contributed by atoms with Gasteiger partial charge in [-0.15, -0.1) is 0 Å². The van der Waals surface area contributed by atoms with E-state index < -0.39 is 0 Å². The van der Waals surface area contributed by atoms with Gasteiger partial charge in [0.25, 0.3) is 0 Å². The first-order chi connectivity index (χ1) is 10.2. The van der Waals surface area contributed by atoms with Crippen LogP contribution < -0.4 is 10.5 Å². The Hall–Kier alpha value is -2.06. The summed E-state index contributed by atoms with van der Waals surface area (Å²) in [6.07, 6.45) is 3.92. The molecule has 1 amide bonds. The Morgan fingerprint density at radius 3 is 2.81 bits per heavy atom. The zero-order valence-electron chi connectivity index (χ0n) is 12.1. The molecule has 0 radical (unpaired) electrons. The minimum atomic E-state index is -0.220. The van der Waals surface area contributed by atoms with E-state index >= 15 is 0 Å². The zero-order valence-corrected chi connectivity index (χ0v) is 12.1. The van der Waals surface area contributed by atoms with E-state index in [1.165, 1.54) is 0 Å². The van der Waals surface area contributed by atoms with Gasteiger partial charge in [0.2, 0.25) is 5.91 Å². The molecule has 1 saturated heterocycles. The minimum Gasteiger partial charge on any atom is -0.494 e.